The van der Waals surface area contributed by atoms with Gasteiger partial charge < -0.3 is 15.5 Å². The summed E-state index contributed by atoms with van der Waals surface area (Å²) in [6.07, 6.45) is 1.37. The molecule has 126 valence electrons. The van der Waals surface area contributed by atoms with Crippen molar-refractivity contribution >= 4 is 11.6 Å². The van der Waals surface area contributed by atoms with E-state index in [1.807, 2.05) is 24.3 Å². The van der Waals surface area contributed by atoms with Crippen molar-refractivity contribution in [3.8, 4) is 5.75 Å². The second-order valence-electron chi connectivity index (χ2n) is 6.14. The molecule has 1 aliphatic rings. The van der Waals surface area contributed by atoms with Crippen molar-refractivity contribution < 1.29 is 15.0 Å². The molecule has 3 N–H and O–H groups in total. The summed E-state index contributed by atoms with van der Waals surface area (Å²) in [6, 6.07) is 14.2. The molecule has 1 fully saturated rings. The molecular formula is C19H22N2O3. The zero-order valence-corrected chi connectivity index (χ0v) is 13.5. The van der Waals surface area contributed by atoms with Crippen molar-refractivity contribution in [2.75, 3.05) is 18.4 Å². The van der Waals surface area contributed by atoms with Crippen LogP contribution in [0.4, 0.5) is 5.69 Å². The Morgan fingerprint density at radius 2 is 1.75 bits per heavy atom. The Morgan fingerprint density at radius 3 is 2.50 bits per heavy atom. The molecule has 1 saturated heterocycles. The lowest BCUT2D eigenvalue weighted by atomic mass is 10.1. The van der Waals surface area contributed by atoms with Crippen LogP contribution >= 0.6 is 0 Å². The van der Waals surface area contributed by atoms with E-state index >= 15 is 0 Å². The monoisotopic (exact) mass is 326 g/mol. The number of hydrogen-bond acceptors (Lipinski definition) is 4. The van der Waals surface area contributed by atoms with Crippen molar-refractivity contribution in [3.05, 3.63) is 59.7 Å². The Hall–Kier alpha value is -2.37. The van der Waals surface area contributed by atoms with Crippen LogP contribution in [0.25, 0.3) is 0 Å². The Morgan fingerprint density at radius 1 is 1.08 bits per heavy atom. The summed E-state index contributed by atoms with van der Waals surface area (Å²) in [5, 5.41) is 22.3. The minimum atomic E-state index is -0.324. The average molecular weight is 326 g/mol. The molecule has 2 aromatic rings. The summed E-state index contributed by atoms with van der Waals surface area (Å²) in [6.45, 7) is 2.43. The van der Waals surface area contributed by atoms with Gasteiger partial charge in [-0.25, -0.2) is 0 Å². The van der Waals surface area contributed by atoms with Gasteiger partial charge in [0.15, 0.2) is 0 Å². The molecular weight excluding hydrogens is 304 g/mol. The van der Waals surface area contributed by atoms with Crippen LogP contribution in [0.15, 0.2) is 48.5 Å². The highest BCUT2D eigenvalue weighted by Gasteiger charge is 2.18. The zero-order chi connectivity index (χ0) is 16.9. The molecule has 0 aromatic heterocycles. The van der Waals surface area contributed by atoms with Gasteiger partial charge in [-0.1, -0.05) is 30.3 Å². The highest BCUT2D eigenvalue weighted by molar-refractivity contribution is 6.06. The number of aliphatic hydroxyl groups excluding tert-OH is 1. The van der Waals surface area contributed by atoms with Crippen LogP contribution in [0.2, 0.25) is 0 Å². The number of anilines is 1. The van der Waals surface area contributed by atoms with E-state index in [9.17, 15) is 15.0 Å². The summed E-state index contributed by atoms with van der Waals surface area (Å²) >= 11 is 0. The van der Waals surface area contributed by atoms with Crippen molar-refractivity contribution in [1.82, 2.24) is 4.90 Å². The molecule has 3 rings (SSSR count). The number of likely N-dealkylation sites (tertiary alicyclic amines) is 1. The summed E-state index contributed by atoms with van der Waals surface area (Å²) in [7, 11) is 0. The quantitative estimate of drug-likeness (QED) is 0.807. The number of rotatable bonds is 4. The zero-order valence-electron chi connectivity index (χ0n) is 13.5. The van der Waals surface area contributed by atoms with E-state index in [2.05, 4.69) is 10.2 Å². The number of nitrogens with one attached hydrogen (secondary N) is 1. The highest BCUT2D eigenvalue weighted by atomic mass is 16.3. The molecule has 0 bridgehead atoms. The number of amides is 1. The predicted molar refractivity (Wildman–Crippen MR) is 93.0 cm³/mol. The molecule has 1 aliphatic heterocycles. The number of aliphatic hydroxyl groups is 1. The average Bonchev–Trinajstić information content (AvgIpc) is 2.59. The summed E-state index contributed by atoms with van der Waals surface area (Å²) in [5.41, 5.74) is 2.03. The Bertz CT molecular complexity index is 709. The van der Waals surface area contributed by atoms with Gasteiger partial charge >= 0.3 is 0 Å². The second-order valence-corrected chi connectivity index (χ2v) is 6.14. The molecule has 5 nitrogen and oxygen atoms in total. The topological polar surface area (TPSA) is 72.8 Å². The van der Waals surface area contributed by atoms with Gasteiger partial charge in [0.2, 0.25) is 0 Å². The molecule has 0 atom stereocenters. The molecule has 2 aromatic carbocycles. The van der Waals surface area contributed by atoms with Crippen molar-refractivity contribution in [2.24, 2.45) is 0 Å². The van der Waals surface area contributed by atoms with Crippen LogP contribution < -0.4 is 5.32 Å². The minimum absolute atomic E-state index is 0.0301. The van der Waals surface area contributed by atoms with E-state index in [-0.39, 0.29) is 23.3 Å². The summed E-state index contributed by atoms with van der Waals surface area (Å²) < 4.78 is 0. The number of para-hydroxylation sites is 2. The van der Waals surface area contributed by atoms with Gasteiger partial charge in [-0.3, -0.25) is 9.69 Å². The lowest BCUT2D eigenvalue weighted by Crippen LogP contribution is -2.35. The third-order valence-corrected chi connectivity index (χ3v) is 4.37. The van der Waals surface area contributed by atoms with E-state index in [1.165, 1.54) is 6.07 Å². The number of hydrogen-bond donors (Lipinski definition) is 3. The fourth-order valence-electron chi connectivity index (χ4n) is 2.95. The summed E-state index contributed by atoms with van der Waals surface area (Å²) in [4.78, 5) is 14.7. The fraction of sp³-hybridized carbons (Fsp3) is 0.316. The Labute approximate surface area is 141 Å². The number of nitrogens with zero attached hydrogens (tertiary/aromatic N) is 1. The number of phenols is 1. The fourth-order valence-corrected chi connectivity index (χ4v) is 2.95. The maximum atomic E-state index is 12.4. The highest BCUT2D eigenvalue weighted by Crippen LogP contribution is 2.22. The third-order valence-electron chi connectivity index (χ3n) is 4.37. The van der Waals surface area contributed by atoms with Crippen molar-refractivity contribution in [2.45, 2.75) is 25.5 Å². The summed E-state index contributed by atoms with van der Waals surface area (Å²) in [5.74, 6) is -0.355. The van der Waals surface area contributed by atoms with Crippen LogP contribution in [-0.4, -0.2) is 40.2 Å². The second kappa shape index (κ2) is 7.47. The maximum absolute atomic E-state index is 12.4. The molecule has 0 radical (unpaired) electrons. The van der Waals surface area contributed by atoms with Gasteiger partial charge in [0.25, 0.3) is 5.91 Å². The van der Waals surface area contributed by atoms with E-state index in [0.717, 1.165) is 43.7 Å². The largest absolute Gasteiger partial charge is 0.507 e. The molecule has 5 heteroatoms. The SMILES string of the molecule is O=C(Nc1ccccc1CN1CCC(O)CC1)c1ccccc1O. The molecule has 1 amide bonds. The predicted octanol–water partition coefficient (Wildman–Crippen LogP) is 2.60. The van der Waals surface area contributed by atoms with Gasteiger partial charge in [-0.05, 0) is 36.6 Å². The van der Waals surface area contributed by atoms with Crippen LogP contribution in [0.5, 0.6) is 5.75 Å². The van der Waals surface area contributed by atoms with Gasteiger partial charge in [0, 0.05) is 25.3 Å². The van der Waals surface area contributed by atoms with Gasteiger partial charge in [0.05, 0.1) is 11.7 Å². The Kier molecular flexibility index (Phi) is 5.13. The van der Waals surface area contributed by atoms with E-state index < -0.39 is 0 Å². The first-order valence-electron chi connectivity index (χ1n) is 8.21. The number of carbonyl (C=O) groups is 1. The minimum Gasteiger partial charge on any atom is -0.507 e. The molecule has 0 spiro atoms. The number of phenolic OH excluding ortho intramolecular Hbond substituents is 1. The first-order valence-corrected chi connectivity index (χ1v) is 8.21. The van der Waals surface area contributed by atoms with Gasteiger partial charge in [-0.15, -0.1) is 0 Å². The first kappa shape index (κ1) is 16.5. The molecule has 24 heavy (non-hydrogen) atoms. The van der Waals surface area contributed by atoms with E-state index in [1.54, 1.807) is 18.2 Å². The molecule has 1 heterocycles. The van der Waals surface area contributed by atoms with Crippen molar-refractivity contribution in [3.63, 3.8) is 0 Å². The smallest absolute Gasteiger partial charge is 0.259 e. The normalized spacial score (nSPS) is 16.0. The first-order chi connectivity index (χ1) is 11.6. The molecule has 0 unspecified atom stereocenters. The standard InChI is InChI=1S/C19H22N2O3/c22-15-9-11-21(12-10-15)13-14-5-1-3-7-17(14)20-19(24)16-6-2-4-8-18(16)23/h1-8,15,22-23H,9-13H2,(H,20,24). The van der Waals surface area contributed by atoms with Gasteiger partial charge in [-0.2, -0.15) is 0 Å². The van der Waals surface area contributed by atoms with Gasteiger partial charge in [0.1, 0.15) is 5.75 Å². The van der Waals surface area contributed by atoms with Crippen LogP contribution in [-0.2, 0) is 6.54 Å². The number of piperidine rings is 1. The number of carbonyl (C=O) groups excluding carboxylic acids is 1. The lowest BCUT2D eigenvalue weighted by Gasteiger charge is -2.30. The van der Waals surface area contributed by atoms with Crippen LogP contribution in [0, 0.1) is 0 Å². The number of benzene rings is 2. The van der Waals surface area contributed by atoms with Crippen LogP contribution in [0.1, 0.15) is 28.8 Å². The Balaban J connectivity index is 1.72. The number of aromatic hydroxyl groups is 1. The third kappa shape index (κ3) is 3.93. The van der Waals surface area contributed by atoms with E-state index in [4.69, 9.17) is 0 Å². The van der Waals surface area contributed by atoms with Crippen molar-refractivity contribution in [1.29, 1.82) is 0 Å². The molecule has 0 aliphatic carbocycles. The maximum Gasteiger partial charge on any atom is 0.259 e. The molecule has 0 saturated carbocycles. The van der Waals surface area contributed by atoms with Crippen LogP contribution in [0.3, 0.4) is 0 Å². The van der Waals surface area contributed by atoms with E-state index in [0.29, 0.717) is 0 Å². The lowest BCUT2D eigenvalue weighted by molar-refractivity contribution is 0.0793.